The van der Waals surface area contributed by atoms with Crippen molar-refractivity contribution in [3.05, 3.63) is 16.3 Å². The van der Waals surface area contributed by atoms with Gasteiger partial charge in [-0.2, -0.15) is 0 Å². The highest BCUT2D eigenvalue weighted by molar-refractivity contribution is 8.00. The third-order valence-electron chi connectivity index (χ3n) is 4.75. The SMILES string of the molecule is Cc1sc2nc(C3CC3)nc(SCC(=O)N3CCCC3)c2c1C. The van der Waals surface area contributed by atoms with E-state index in [1.807, 2.05) is 4.90 Å². The molecule has 23 heavy (non-hydrogen) atoms. The lowest BCUT2D eigenvalue weighted by Gasteiger charge is -2.14. The summed E-state index contributed by atoms with van der Waals surface area (Å²) in [5.41, 5.74) is 1.27. The van der Waals surface area contributed by atoms with E-state index >= 15 is 0 Å². The molecule has 1 saturated heterocycles. The van der Waals surface area contributed by atoms with Gasteiger partial charge in [0.15, 0.2) is 0 Å². The molecule has 0 N–H and O–H groups in total. The molecule has 0 spiro atoms. The number of fused-ring (bicyclic) bond motifs is 1. The molecule has 1 amide bonds. The second-order valence-corrected chi connectivity index (χ2v) is 8.67. The third kappa shape index (κ3) is 2.98. The zero-order valence-electron chi connectivity index (χ0n) is 13.6. The molecule has 6 heteroatoms. The Morgan fingerprint density at radius 3 is 2.70 bits per heavy atom. The van der Waals surface area contributed by atoms with Crippen molar-refractivity contribution in [2.75, 3.05) is 18.8 Å². The topological polar surface area (TPSA) is 46.1 Å². The van der Waals surface area contributed by atoms with Crippen molar-refractivity contribution in [2.45, 2.75) is 50.5 Å². The Hall–Kier alpha value is -1.14. The molecule has 0 aromatic carbocycles. The van der Waals surface area contributed by atoms with Gasteiger partial charge in [-0.25, -0.2) is 9.97 Å². The zero-order valence-corrected chi connectivity index (χ0v) is 15.2. The average molecular weight is 348 g/mol. The number of hydrogen-bond acceptors (Lipinski definition) is 5. The molecule has 0 unspecified atom stereocenters. The van der Waals surface area contributed by atoms with E-state index in [4.69, 9.17) is 9.97 Å². The minimum atomic E-state index is 0.247. The summed E-state index contributed by atoms with van der Waals surface area (Å²) in [5.74, 6) is 2.26. The number of thioether (sulfide) groups is 1. The molecule has 3 heterocycles. The second-order valence-electron chi connectivity index (χ2n) is 6.50. The first kappa shape index (κ1) is 15.4. The van der Waals surface area contributed by atoms with Gasteiger partial charge in [-0.3, -0.25) is 4.79 Å². The number of hydrogen-bond donors (Lipinski definition) is 0. The van der Waals surface area contributed by atoms with Crippen LogP contribution in [-0.2, 0) is 4.79 Å². The number of amides is 1. The highest BCUT2D eigenvalue weighted by atomic mass is 32.2. The summed E-state index contributed by atoms with van der Waals surface area (Å²) in [4.78, 5) is 26.3. The number of thiophene rings is 1. The maximum Gasteiger partial charge on any atom is 0.232 e. The van der Waals surface area contributed by atoms with Crippen molar-refractivity contribution >= 4 is 39.2 Å². The van der Waals surface area contributed by atoms with Crippen LogP contribution in [0.1, 0.15) is 47.9 Å². The van der Waals surface area contributed by atoms with Gasteiger partial charge in [-0.1, -0.05) is 11.8 Å². The first-order valence-electron chi connectivity index (χ1n) is 8.31. The van der Waals surface area contributed by atoms with Gasteiger partial charge in [-0.05, 0) is 45.1 Å². The average Bonchev–Trinajstić information content (AvgIpc) is 3.17. The number of carbonyl (C=O) groups is 1. The molecule has 0 radical (unpaired) electrons. The van der Waals surface area contributed by atoms with Crippen LogP contribution in [0.3, 0.4) is 0 Å². The lowest BCUT2D eigenvalue weighted by Crippen LogP contribution is -2.29. The van der Waals surface area contributed by atoms with E-state index in [0.717, 1.165) is 47.0 Å². The second kappa shape index (κ2) is 6.06. The van der Waals surface area contributed by atoms with Gasteiger partial charge in [0.2, 0.25) is 5.91 Å². The van der Waals surface area contributed by atoms with E-state index in [0.29, 0.717) is 11.7 Å². The van der Waals surface area contributed by atoms with Gasteiger partial charge in [0.25, 0.3) is 0 Å². The Morgan fingerprint density at radius 1 is 1.26 bits per heavy atom. The van der Waals surface area contributed by atoms with E-state index in [2.05, 4.69) is 13.8 Å². The molecule has 4 rings (SSSR count). The predicted octanol–water partition coefficient (Wildman–Crippen LogP) is 3.90. The Balaban J connectivity index is 1.62. The summed E-state index contributed by atoms with van der Waals surface area (Å²) in [7, 11) is 0. The molecule has 0 atom stereocenters. The van der Waals surface area contributed by atoms with Gasteiger partial charge in [0.1, 0.15) is 15.7 Å². The Morgan fingerprint density at radius 2 is 2.00 bits per heavy atom. The molecule has 2 aromatic heterocycles. The smallest absolute Gasteiger partial charge is 0.232 e. The molecule has 122 valence electrons. The van der Waals surface area contributed by atoms with Crippen molar-refractivity contribution in [2.24, 2.45) is 0 Å². The number of aryl methyl sites for hydroxylation is 2. The Bertz CT molecular complexity index is 761. The van der Waals surface area contributed by atoms with Crippen LogP contribution >= 0.6 is 23.1 Å². The van der Waals surface area contributed by atoms with Gasteiger partial charge in [0.05, 0.1) is 5.75 Å². The third-order valence-corrected chi connectivity index (χ3v) is 6.81. The van der Waals surface area contributed by atoms with Crippen molar-refractivity contribution in [3.63, 3.8) is 0 Å². The van der Waals surface area contributed by atoms with Crippen LogP contribution in [0.15, 0.2) is 5.03 Å². The highest BCUT2D eigenvalue weighted by Crippen LogP contribution is 2.42. The minimum Gasteiger partial charge on any atom is -0.342 e. The van der Waals surface area contributed by atoms with Crippen LogP contribution in [0.25, 0.3) is 10.2 Å². The molecule has 1 aliphatic heterocycles. The van der Waals surface area contributed by atoms with Gasteiger partial charge < -0.3 is 4.90 Å². The molecule has 2 aliphatic rings. The van der Waals surface area contributed by atoms with E-state index in [-0.39, 0.29) is 5.91 Å². The molecule has 0 bridgehead atoms. The fourth-order valence-corrected chi connectivity index (χ4v) is 5.14. The molecule has 1 saturated carbocycles. The first-order valence-corrected chi connectivity index (χ1v) is 10.1. The zero-order chi connectivity index (χ0) is 16.0. The van der Waals surface area contributed by atoms with E-state index < -0.39 is 0 Å². The lowest BCUT2D eigenvalue weighted by atomic mass is 10.2. The monoisotopic (exact) mass is 347 g/mol. The fourth-order valence-electron chi connectivity index (χ4n) is 3.05. The number of likely N-dealkylation sites (tertiary alicyclic amines) is 1. The normalized spacial score (nSPS) is 18.1. The lowest BCUT2D eigenvalue weighted by molar-refractivity contribution is -0.127. The summed E-state index contributed by atoms with van der Waals surface area (Å²) >= 11 is 3.35. The number of nitrogens with zero attached hydrogens (tertiary/aromatic N) is 3. The van der Waals surface area contributed by atoms with Crippen LogP contribution in [0.4, 0.5) is 0 Å². The van der Waals surface area contributed by atoms with Crippen LogP contribution in [0, 0.1) is 13.8 Å². The summed E-state index contributed by atoms with van der Waals surface area (Å²) in [6.45, 7) is 6.12. The van der Waals surface area contributed by atoms with E-state index in [9.17, 15) is 4.79 Å². The maximum atomic E-state index is 12.3. The number of aromatic nitrogens is 2. The molecule has 1 aliphatic carbocycles. The van der Waals surface area contributed by atoms with Crippen LogP contribution in [0.5, 0.6) is 0 Å². The standard InChI is InChI=1S/C17H21N3OS2/c1-10-11(2)23-17-14(10)16(18-15(19-17)12-5-6-12)22-9-13(21)20-7-3-4-8-20/h12H,3-9H2,1-2H3. The van der Waals surface area contributed by atoms with Gasteiger partial charge in [0, 0.05) is 29.3 Å². The van der Waals surface area contributed by atoms with Crippen LogP contribution < -0.4 is 0 Å². The predicted molar refractivity (Wildman–Crippen MR) is 95.4 cm³/mol. The van der Waals surface area contributed by atoms with E-state index in [1.54, 1.807) is 23.1 Å². The largest absolute Gasteiger partial charge is 0.342 e. The van der Waals surface area contributed by atoms with Gasteiger partial charge >= 0.3 is 0 Å². The molecule has 4 nitrogen and oxygen atoms in total. The summed E-state index contributed by atoms with van der Waals surface area (Å²) in [6, 6.07) is 0. The Labute approximate surface area is 144 Å². The molecular weight excluding hydrogens is 326 g/mol. The molecule has 2 aromatic rings. The maximum absolute atomic E-state index is 12.3. The Kier molecular flexibility index (Phi) is 4.05. The molecular formula is C17H21N3OS2. The van der Waals surface area contributed by atoms with Gasteiger partial charge in [-0.15, -0.1) is 11.3 Å². The van der Waals surface area contributed by atoms with Crippen molar-refractivity contribution in [3.8, 4) is 0 Å². The minimum absolute atomic E-state index is 0.247. The van der Waals surface area contributed by atoms with Crippen LogP contribution in [-0.4, -0.2) is 39.6 Å². The summed E-state index contributed by atoms with van der Waals surface area (Å²) in [5, 5.41) is 2.17. The summed E-state index contributed by atoms with van der Waals surface area (Å²) in [6.07, 6.45) is 4.68. The quantitative estimate of drug-likeness (QED) is 0.621. The number of rotatable bonds is 4. The van der Waals surface area contributed by atoms with Crippen molar-refractivity contribution in [1.82, 2.24) is 14.9 Å². The van der Waals surface area contributed by atoms with E-state index in [1.165, 1.54) is 23.3 Å². The van der Waals surface area contributed by atoms with Crippen LogP contribution in [0.2, 0.25) is 0 Å². The fraction of sp³-hybridized carbons (Fsp3) is 0.588. The van der Waals surface area contributed by atoms with Crippen molar-refractivity contribution in [1.29, 1.82) is 0 Å². The molecule has 2 fully saturated rings. The number of carbonyl (C=O) groups excluding carboxylic acids is 1. The van der Waals surface area contributed by atoms with Crippen molar-refractivity contribution < 1.29 is 4.79 Å². The highest BCUT2D eigenvalue weighted by Gasteiger charge is 2.29. The summed E-state index contributed by atoms with van der Waals surface area (Å²) < 4.78 is 0. The first-order chi connectivity index (χ1) is 11.1.